The van der Waals surface area contributed by atoms with Crippen LogP contribution in [0.3, 0.4) is 0 Å². The molecule has 1 aromatic carbocycles. The molecule has 1 unspecified atom stereocenters. The summed E-state index contributed by atoms with van der Waals surface area (Å²) in [5.41, 5.74) is 1.80. The van der Waals surface area contributed by atoms with Crippen molar-refractivity contribution in [1.82, 2.24) is 4.57 Å². The molecule has 0 saturated heterocycles. The SMILES string of the molecule is CC1C=CCc2c1c(O)n(-c1ccccc1OC(=O)c1cccs1)c2O. The first-order chi connectivity index (χ1) is 12.6. The summed E-state index contributed by atoms with van der Waals surface area (Å²) in [5.74, 6) is -0.281. The van der Waals surface area contributed by atoms with E-state index in [0.29, 0.717) is 28.1 Å². The van der Waals surface area contributed by atoms with E-state index >= 15 is 0 Å². The molecule has 0 radical (unpaired) electrons. The smallest absolute Gasteiger partial charge is 0.353 e. The predicted molar refractivity (Wildman–Crippen MR) is 99.6 cm³/mol. The molecule has 5 nitrogen and oxygen atoms in total. The Kier molecular flexibility index (Phi) is 4.05. The molecule has 3 aromatic rings. The van der Waals surface area contributed by atoms with E-state index in [9.17, 15) is 15.0 Å². The van der Waals surface area contributed by atoms with Gasteiger partial charge in [-0.15, -0.1) is 11.3 Å². The van der Waals surface area contributed by atoms with Crippen LogP contribution in [0, 0.1) is 0 Å². The van der Waals surface area contributed by atoms with Crippen LogP contribution in [-0.4, -0.2) is 20.7 Å². The number of carbonyl (C=O) groups excluding carboxylic acids is 1. The van der Waals surface area contributed by atoms with E-state index in [2.05, 4.69) is 0 Å². The van der Waals surface area contributed by atoms with Crippen molar-refractivity contribution in [2.24, 2.45) is 0 Å². The molecule has 1 aliphatic rings. The number of aromatic hydroxyl groups is 2. The van der Waals surface area contributed by atoms with Crippen molar-refractivity contribution >= 4 is 17.3 Å². The Morgan fingerprint density at radius 2 is 2.00 bits per heavy atom. The molecule has 26 heavy (non-hydrogen) atoms. The highest BCUT2D eigenvalue weighted by molar-refractivity contribution is 7.12. The van der Waals surface area contributed by atoms with Gasteiger partial charge in [-0.1, -0.05) is 37.3 Å². The van der Waals surface area contributed by atoms with Gasteiger partial charge >= 0.3 is 5.97 Å². The number of thiophene rings is 1. The van der Waals surface area contributed by atoms with Crippen molar-refractivity contribution in [2.75, 3.05) is 0 Å². The number of carbonyl (C=O) groups is 1. The summed E-state index contributed by atoms with van der Waals surface area (Å²) < 4.78 is 6.86. The lowest BCUT2D eigenvalue weighted by molar-refractivity contribution is 0.0739. The van der Waals surface area contributed by atoms with Crippen molar-refractivity contribution in [1.29, 1.82) is 0 Å². The molecule has 0 spiro atoms. The number of hydrogen-bond acceptors (Lipinski definition) is 5. The van der Waals surface area contributed by atoms with Crippen LogP contribution < -0.4 is 4.74 Å². The minimum atomic E-state index is -0.474. The maximum absolute atomic E-state index is 12.3. The van der Waals surface area contributed by atoms with Crippen LogP contribution in [0.15, 0.2) is 53.9 Å². The van der Waals surface area contributed by atoms with Gasteiger partial charge in [-0.05, 0) is 30.0 Å². The summed E-state index contributed by atoms with van der Waals surface area (Å²) in [6.07, 6.45) is 4.51. The second-order valence-electron chi connectivity index (χ2n) is 6.13. The van der Waals surface area contributed by atoms with Crippen LogP contribution in [0.5, 0.6) is 17.5 Å². The van der Waals surface area contributed by atoms with Gasteiger partial charge in [-0.2, -0.15) is 0 Å². The summed E-state index contributed by atoms with van der Waals surface area (Å²) in [4.78, 5) is 12.8. The van der Waals surface area contributed by atoms with E-state index < -0.39 is 5.97 Å². The van der Waals surface area contributed by atoms with Gasteiger partial charge in [0.15, 0.2) is 5.75 Å². The van der Waals surface area contributed by atoms with E-state index in [-0.39, 0.29) is 23.4 Å². The van der Waals surface area contributed by atoms with Crippen LogP contribution in [0.4, 0.5) is 0 Å². The number of allylic oxidation sites excluding steroid dienone is 2. The Bertz CT molecular complexity index is 1000. The fraction of sp³-hybridized carbons (Fsp3) is 0.150. The lowest BCUT2D eigenvalue weighted by Gasteiger charge is -2.13. The highest BCUT2D eigenvalue weighted by Gasteiger charge is 2.28. The molecule has 0 saturated carbocycles. The molecule has 0 aliphatic heterocycles. The number of aromatic nitrogens is 1. The van der Waals surface area contributed by atoms with Gasteiger partial charge < -0.3 is 14.9 Å². The highest BCUT2D eigenvalue weighted by Crippen LogP contribution is 2.45. The number of ether oxygens (including phenoxy) is 1. The van der Waals surface area contributed by atoms with Crippen LogP contribution in [-0.2, 0) is 6.42 Å². The third-order valence-electron chi connectivity index (χ3n) is 4.49. The molecule has 132 valence electrons. The topological polar surface area (TPSA) is 71.7 Å². The maximum Gasteiger partial charge on any atom is 0.353 e. The van der Waals surface area contributed by atoms with Gasteiger partial charge in [-0.25, -0.2) is 9.36 Å². The van der Waals surface area contributed by atoms with E-state index in [1.165, 1.54) is 15.9 Å². The molecule has 2 N–H and O–H groups in total. The van der Waals surface area contributed by atoms with Gasteiger partial charge in [0.1, 0.15) is 4.88 Å². The normalized spacial score (nSPS) is 15.7. The van der Waals surface area contributed by atoms with E-state index in [1.54, 1.807) is 41.8 Å². The number of nitrogens with zero attached hydrogens (tertiary/aromatic N) is 1. The zero-order valence-corrected chi connectivity index (χ0v) is 14.9. The van der Waals surface area contributed by atoms with E-state index in [1.807, 2.05) is 19.1 Å². The van der Waals surface area contributed by atoms with Crippen molar-refractivity contribution in [3.63, 3.8) is 0 Å². The van der Waals surface area contributed by atoms with Crippen molar-refractivity contribution < 1.29 is 19.7 Å². The largest absolute Gasteiger partial charge is 0.494 e. The van der Waals surface area contributed by atoms with Gasteiger partial charge in [0.05, 0.1) is 5.69 Å². The van der Waals surface area contributed by atoms with Crippen LogP contribution >= 0.6 is 11.3 Å². The first kappa shape index (κ1) is 16.5. The van der Waals surface area contributed by atoms with Gasteiger partial charge in [0, 0.05) is 17.0 Å². The van der Waals surface area contributed by atoms with Gasteiger partial charge in [-0.3, -0.25) is 0 Å². The number of esters is 1. The minimum absolute atomic E-state index is 0.00766. The molecular formula is C20H17NO4S. The summed E-state index contributed by atoms with van der Waals surface area (Å²) >= 11 is 1.29. The molecule has 1 aliphatic carbocycles. The fourth-order valence-electron chi connectivity index (χ4n) is 3.28. The Balaban J connectivity index is 1.80. The van der Waals surface area contributed by atoms with Crippen LogP contribution in [0.2, 0.25) is 0 Å². The van der Waals surface area contributed by atoms with E-state index in [4.69, 9.17) is 4.74 Å². The molecule has 0 bridgehead atoms. The lowest BCUT2D eigenvalue weighted by Crippen LogP contribution is -2.08. The van der Waals surface area contributed by atoms with Gasteiger partial charge in [0.2, 0.25) is 11.8 Å². The summed E-state index contributed by atoms with van der Waals surface area (Å²) in [6.45, 7) is 1.96. The first-order valence-corrected chi connectivity index (χ1v) is 9.13. The number of para-hydroxylation sites is 2. The third kappa shape index (κ3) is 2.59. The minimum Gasteiger partial charge on any atom is -0.494 e. The molecule has 2 aromatic heterocycles. The Labute approximate surface area is 154 Å². The van der Waals surface area contributed by atoms with Crippen LogP contribution in [0.1, 0.15) is 33.6 Å². The molecule has 6 heteroatoms. The molecule has 2 heterocycles. The summed E-state index contributed by atoms with van der Waals surface area (Å²) in [7, 11) is 0. The average Bonchev–Trinajstić information content (AvgIpc) is 3.25. The predicted octanol–water partition coefficient (Wildman–Crippen LogP) is 4.39. The Morgan fingerprint density at radius 3 is 2.73 bits per heavy atom. The highest BCUT2D eigenvalue weighted by atomic mass is 32.1. The van der Waals surface area contributed by atoms with Gasteiger partial charge in [0.25, 0.3) is 0 Å². The van der Waals surface area contributed by atoms with Crippen molar-refractivity contribution in [3.8, 4) is 23.2 Å². The van der Waals surface area contributed by atoms with Crippen molar-refractivity contribution in [3.05, 3.63) is 69.9 Å². The van der Waals surface area contributed by atoms with Crippen molar-refractivity contribution in [2.45, 2.75) is 19.3 Å². The summed E-state index contributed by atoms with van der Waals surface area (Å²) in [6, 6.07) is 10.3. The second kappa shape index (κ2) is 6.38. The summed E-state index contributed by atoms with van der Waals surface area (Å²) in [5, 5.41) is 23.3. The standard InChI is InChI=1S/C20H17NO4S/c1-12-6-4-7-13-17(12)19(23)21(18(13)22)14-8-2-3-9-15(14)25-20(24)16-10-5-11-26-16/h2-6,8-12,22-23H,7H2,1H3. The quantitative estimate of drug-likeness (QED) is 0.409. The maximum atomic E-state index is 12.3. The second-order valence-corrected chi connectivity index (χ2v) is 7.08. The lowest BCUT2D eigenvalue weighted by atomic mass is 9.92. The molecular weight excluding hydrogens is 350 g/mol. The fourth-order valence-corrected chi connectivity index (χ4v) is 3.88. The first-order valence-electron chi connectivity index (χ1n) is 8.25. The zero-order chi connectivity index (χ0) is 18.3. The van der Waals surface area contributed by atoms with E-state index in [0.717, 1.165) is 0 Å². The zero-order valence-electron chi connectivity index (χ0n) is 14.0. The monoisotopic (exact) mass is 367 g/mol. The number of fused-ring (bicyclic) bond motifs is 1. The van der Waals surface area contributed by atoms with Crippen LogP contribution in [0.25, 0.3) is 5.69 Å². The molecule has 0 amide bonds. The number of rotatable bonds is 3. The Hall–Kier alpha value is -2.99. The molecule has 0 fully saturated rings. The Morgan fingerprint density at radius 1 is 1.19 bits per heavy atom. The molecule has 1 atom stereocenters. The number of hydrogen-bond donors (Lipinski definition) is 2. The number of benzene rings is 1. The third-order valence-corrected chi connectivity index (χ3v) is 5.34. The molecule has 4 rings (SSSR count). The average molecular weight is 367 g/mol.